The van der Waals surface area contributed by atoms with Gasteiger partial charge in [-0.2, -0.15) is 0 Å². The lowest BCUT2D eigenvalue weighted by Gasteiger charge is -2.34. The molecule has 0 unspecified atom stereocenters. The van der Waals surface area contributed by atoms with Gasteiger partial charge in [-0.25, -0.2) is 0 Å². The first-order chi connectivity index (χ1) is 10.7. The molecule has 4 nitrogen and oxygen atoms in total. The summed E-state index contributed by atoms with van der Waals surface area (Å²) in [5, 5.41) is 7.10. The van der Waals surface area contributed by atoms with E-state index in [1.807, 2.05) is 24.3 Å². The average Bonchev–Trinajstić information content (AvgIpc) is 2.55. The zero-order valence-corrected chi connectivity index (χ0v) is 15.3. The third kappa shape index (κ3) is 7.08. The van der Waals surface area contributed by atoms with E-state index < -0.39 is 0 Å². The van der Waals surface area contributed by atoms with Gasteiger partial charge in [-0.15, -0.1) is 12.4 Å². The molecule has 1 aliphatic heterocycles. The van der Waals surface area contributed by atoms with Gasteiger partial charge in [-0.1, -0.05) is 30.7 Å². The molecule has 0 radical (unpaired) electrons. The molecule has 0 saturated carbocycles. The minimum atomic E-state index is 0. The van der Waals surface area contributed by atoms with Gasteiger partial charge in [0.1, 0.15) is 0 Å². The zero-order chi connectivity index (χ0) is 15.8. The third-order valence-electron chi connectivity index (χ3n) is 4.09. The summed E-state index contributed by atoms with van der Waals surface area (Å²) in [5.41, 5.74) is 1.07. The Labute approximate surface area is 150 Å². The van der Waals surface area contributed by atoms with Crippen LogP contribution < -0.4 is 10.6 Å². The molecule has 0 bridgehead atoms. The quantitative estimate of drug-likeness (QED) is 0.786. The van der Waals surface area contributed by atoms with Crippen LogP contribution in [0.1, 0.15) is 31.7 Å². The lowest BCUT2D eigenvalue weighted by Crippen LogP contribution is -2.47. The minimum Gasteiger partial charge on any atom is -0.351 e. The van der Waals surface area contributed by atoms with Crippen molar-refractivity contribution in [1.82, 2.24) is 15.5 Å². The summed E-state index contributed by atoms with van der Waals surface area (Å²) in [6.45, 7) is 6.31. The van der Waals surface area contributed by atoms with Crippen LogP contribution in [0, 0.1) is 0 Å². The van der Waals surface area contributed by atoms with Gasteiger partial charge in [-0.05, 0) is 56.6 Å². The number of carbonyl (C=O) groups excluding carboxylic acids is 1. The molecule has 1 aromatic rings. The van der Waals surface area contributed by atoms with E-state index in [0.717, 1.165) is 49.5 Å². The zero-order valence-electron chi connectivity index (χ0n) is 13.7. The highest BCUT2D eigenvalue weighted by molar-refractivity contribution is 6.30. The Morgan fingerprint density at radius 3 is 2.57 bits per heavy atom. The average molecular weight is 360 g/mol. The first-order valence-electron chi connectivity index (χ1n) is 8.15. The van der Waals surface area contributed by atoms with Crippen LogP contribution in [0.2, 0.25) is 5.02 Å². The molecule has 1 aliphatic rings. The van der Waals surface area contributed by atoms with Crippen molar-refractivity contribution in [2.45, 2.75) is 38.8 Å². The first-order valence-corrected chi connectivity index (χ1v) is 8.52. The van der Waals surface area contributed by atoms with Crippen molar-refractivity contribution in [3.63, 3.8) is 0 Å². The predicted molar refractivity (Wildman–Crippen MR) is 98.3 cm³/mol. The van der Waals surface area contributed by atoms with Crippen LogP contribution >= 0.6 is 24.0 Å². The van der Waals surface area contributed by atoms with Gasteiger partial charge < -0.3 is 10.6 Å². The van der Waals surface area contributed by atoms with Gasteiger partial charge >= 0.3 is 0 Å². The van der Waals surface area contributed by atoms with Crippen LogP contribution in [-0.4, -0.2) is 43.0 Å². The van der Waals surface area contributed by atoms with Crippen molar-refractivity contribution in [1.29, 1.82) is 0 Å². The molecular weight excluding hydrogens is 333 g/mol. The SMILES string of the molecule is CCCN(CC(=O)NCc1ccc(Cl)cc1)C1CCNCC1.Cl. The molecule has 1 fully saturated rings. The van der Waals surface area contributed by atoms with E-state index >= 15 is 0 Å². The highest BCUT2D eigenvalue weighted by Crippen LogP contribution is 2.12. The van der Waals surface area contributed by atoms with Gasteiger partial charge in [-0.3, -0.25) is 9.69 Å². The minimum absolute atomic E-state index is 0. The van der Waals surface area contributed by atoms with Gasteiger partial charge in [0.2, 0.25) is 5.91 Å². The van der Waals surface area contributed by atoms with Crippen LogP contribution in [0.25, 0.3) is 0 Å². The van der Waals surface area contributed by atoms with Gasteiger partial charge in [0, 0.05) is 17.6 Å². The highest BCUT2D eigenvalue weighted by atomic mass is 35.5. The number of carbonyl (C=O) groups is 1. The number of rotatable bonds is 7. The molecule has 6 heteroatoms. The number of halogens is 2. The van der Waals surface area contributed by atoms with E-state index in [1.54, 1.807) is 0 Å². The molecule has 23 heavy (non-hydrogen) atoms. The topological polar surface area (TPSA) is 44.4 Å². The summed E-state index contributed by atoms with van der Waals surface area (Å²) in [6, 6.07) is 8.11. The Morgan fingerprint density at radius 2 is 1.96 bits per heavy atom. The lowest BCUT2D eigenvalue weighted by atomic mass is 10.0. The van der Waals surface area contributed by atoms with Crippen LogP contribution in [0.3, 0.4) is 0 Å². The Hall–Kier alpha value is -0.810. The summed E-state index contributed by atoms with van der Waals surface area (Å²) in [5.74, 6) is 0.0990. The molecular formula is C17H27Cl2N3O. The number of nitrogens with one attached hydrogen (secondary N) is 2. The van der Waals surface area contributed by atoms with Crippen LogP contribution in [0.15, 0.2) is 24.3 Å². The van der Waals surface area contributed by atoms with E-state index in [2.05, 4.69) is 22.5 Å². The molecule has 1 saturated heterocycles. The van der Waals surface area contributed by atoms with Crippen molar-refractivity contribution >= 4 is 29.9 Å². The highest BCUT2D eigenvalue weighted by Gasteiger charge is 2.22. The largest absolute Gasteiger partial charge is 0.351 e. The van der Waals surface area contributed by atoms with Gasteiger partial charge in [0.05, 0.1) is 6.54 Å². The van der Waals surface area contributed by atoms with Crippen molar-refractivity contribution in [3.8, 4) is 0 Å². The number of nitrogens with zero attached hydrogens (tertiary/aromatic N) is 1. The standard InChI is InChI=1S/C17H26ClN3O.ClH/c1-2-11-21(16-7-9-19-10-8-16)13-17(22)20-12-14-3-5-15(18)6-4-14;/h3-6,16,19H,2,7-13H2,1H3,(H,20,22);1H. The third-order valence-corrected chi connectivity index (χ3v) is 4.34. The van der Waals surface area contributed by atoms with Crippen molar-refractivity contribution < 1.29 is 4.79 Å². The second kappa shape index (κ2) is 10.9. The molecule has 2 rings (SSSR count). The normalized spacial score (nSPS) is 15.3. The van der Waals surface area contributed by atoms with Crippen LogP contribution in [-0.2, 0) is 11.3 Å². The fourth-order valence-corrected chi connectivity index (χ4v) is 3.02. The molecule has 0 aromatic heterocycles. The monoisotopic (exact) mass is 359 g/mol. The van der Waals surface area contributed by atoms with Crippen molar-refractivity contribution in [2.24, 2.45) is 0 Å². The second-order valence-electron chi connectivity index (χ2n) is 5.85. The van der Waals surface area contributed by atoms with Crippen LogP contribution in [0.5, 0.6) is 0 Å². The van der Waals surface area contributed by atoms with E-state index in [4.69, 9.17) is 11.6 Å². The summed E-state index contributed by atoms with van der Waals surface area (Å²) in [7, 11) is 0. The number of benzene rings is 1. The maximum Gasteiger partial charge on any atom is 0.234 e. The number of piperidine rings is 1. The van der Waals surface area contributed by atoms with E-state index in [-0.39, 0.29) is 18.3 Å². The van der Waals surface area contributed by atoms with Gasteiger partial charge in [0.25, 0.3) is 0 Å². The molecule has 1 amide bonds. The molecule has 0 spiro atoms. The summed E-state index contributed by atoms with van der Waals surface area (Å²) in [6.07, 6.45) is 3.34. The molecule has 1 heterocycles. The summed E-state index contributed by atoms with van der Waals surface area (Å²) >= 11 is 5.86. The summed E-state index contributed by atoms with van der Waals surface area (Å²) in [4.78, 5) is 14.5. The van der Waals surface area contributed by atoms with E-state index in [9.17, 15) is 4.79 Å². The Kier molecular flexibility index (Phi) is 9.56. The Balaban J connectivity index is 0.00000264. The number of hydrogen-bond acceptors (Lipinski definition) is 3. The molecule has 1 aromatic carbocycles. The Morgan fingerprint density at radius 1 is 1.30 bits per heavy atom. The first kappa shape index (κ1) is 20.2. The van der Waals surface area contributed by atoms with E-state index in [0.29, 0.717) is 19.1 Å². The van der Waals surface area contributed by atoms with E-state index in [1.165, 1.54) is 0 Å². The molecule has 0 aliphatic carbocycles. The molecule has 2 N–H and O–H groups in total. The molecule has 130 valence electrons. The van der Waals surface area contributed by atoms with Crippen molar-refractivity contribution in [3.05, 3.63) is 34.9 Å². The maximum absolute atomic E-state index is 12.2. The fourth-order valence-electron chi connectivity index (χ4n) is 2.89. The molecule has 0 atom stereocenters. The maximum atomic E-state index is 12.2. The second-order valence-corrected chi connectivity index (χ2v) is 6.29. The van der Waals surface area contributed by atoms with Crippen LogP contribution in [0.4, 0.5) is 0 Å². The van der Waals surface area contributed by atoms with Crippen molar-refractivity contribution in [2.75, 3.05) is 26.2 Å². The lowest BCUT2D eigenvalue weighted by molar-refractivity contribution is -0.123. The Bertz CT molecular complexity index is 461. The smallest absolute Gasteiger partial charge is 0.234 e. The predicted octanol–water partition coefficient (Wildman–Crippen LogP) is 2.84. The number of amides is 1. The number of hydrogen-bond donors (Lipinski definition) is 2. The fraction of sp³-hybridized carbons (Fsp3) is 0.588. The van der Waals surface area contributed by atoms with Gasteiger partial charge in [0.15, 0.2) is 0 Å². The summed E-state index contributed by atoms with van der Waals surface area (Å²) < 4.78 is 0.